The van der Waals surface area contributed by atoms with Crippen LogP contribution in [0.5, 0.6) is 0 Å². The van der Waals surface area contributed by atoms with Crippen molar-refractivity contribution in [1.29, 1.82) is 0 Å². The Kier molecular flexibility index (Phi) is 6.32. The summed E-state index contributed by atoms with van der Waals surface area (Å²) in [5.41, 5.74) is 1.52. The highest BCUT2D eigenvalue weighted by Gasteiger charge is 2.16. The Hall–Kier alpha value is -4.00. The fourth-order valence-corrected chi connectivity index (χ4v) is 2.59. The summed E-state index contributed by atoms with van der Waals surface area (Å²) in [6, 6.07) is 18.4. The van der Waals surface area contributed by atoms with Gasteiger partial charge in [-0.1, -0.05) is 30.3 Å². The van der Waals surface area contributed by atoms with Gasteiger partial charge in [-0.3, -0.25) is 14.6 Å². The minimum Gasteiger partial charge on any atom is -0.462 e. The van der Waals surface area contributed by atoms with Crippen molar-refractivity contribution in [2.75, 3.05) is 17.2 Å². The molecule has 2 N–H and O–H groups in total. The normalized spacial score (nSPS) is 10.1. The summed E-state index contributed by atoms with van der Waals surface area (Å²) in [6.07, 6.45) is 1.38. The summed E-state index contributed by atoms with van der Waals surface area (Å²) in [5.74, 6) is -1.43. The van der Waals surface area contributed by atoms with E-state index < -0.39 is 17.8 Å². The molecule has 29 heavy (non-hydrogen) atoms. The molecule has 1 heterocycles. The zero-order valence-electron chi connectivity index (χ0n) is 15.7. The molecule has 0 spiro atoms. The number of aromatic nitrogens is 1. The molecular formula is C22H19N3O4. The van der Waals surface area contributed by atoms with Crippen LogP contribution in [0.25, 0.3) is 0 Å². The summed E-state index contributed by atoms with van der Waals surface area (Å²) in [4.78, 5) is 41.1. The summed E-state index contributed by atoms with van der Waals surface area (Å²) in [6.45, 7) is 1.93. The van der Waals surface area contributed by atoms with E-state index in [0.717, 1.165) is 0 Å². The van der Waals surface area contributed by atoms with Crippen molar-refractivity contribution in [3.8, 4) is 0 Å². The predicted octanol–water partition coefficient (Wildman–Crippen LogP) is 3.76. The van der Waals surface area contributed by atoms with Crippen molar-refractivity contribution in [1.82, 2.24) is 4.98 Å². The molecule has 0 aliphatic rings. The number of benzene rings is 2. The monoisotopic (exact) mass is 389 g/mol. The first-order valence-electron chi connectivity index (χ1n) is 8.98. The topological polar surface area (TPSA) is 97.4 Å². The van der Waals surface area contributed by atoms with Gasteiger partial charge in [0.15, 0.2) is 0 Å². The fraction of sp³-hybridized carbons (Fsp3) is 0.0909. The van der Waals surface area contributed by atoms with Gasteiger partial charge in [0.1, 0.15) is 5.69 Å². The van der Waals surface area contributed by atoms with E-state index in [1.807, 2.05) is 6.07 Å². The number of hydrogen-bond donors (Lipinski definition) is 2. The molecule has 1 aromatic heterocycles. The molecule has 3 rings (SSSR count). The van der Waals surface area contributed by atoms with Gasteiger partial charge in [-0.2, -0.15) is 0 Å². The zero-order chi connectivity index (χ0) is 20.6. The van der Waals surface area contributed by atoms with E-state index in [9.17, 15) is 14.4 Å². The van der Waals surface area contributed by atoms with Crippen LogP contribution in [-0.2, 0) is 4.74 Å². The fourth-order valence-electron chi connectivity index (χ4n) is 2.59. The van der Waals surface area contributed by atoms with E-state index in [1.165, 1.54) is 18.3 Å². The number of anilines is 2. The van der Waals surface area contributed by atoms with E-state index in [-0.39, 0.29) is 23.4 Å². The van der Waals surface area contributed by atoms with E-state index in [1.54, 1.807) is 55.5 Å². The molecule has 3 aromatic rings. The number of nitrogens with one attached hydrogen (secondary N) is 2. The molecule has 0 unspecified atom stereocenters. The van der Waals surface area contributed by atoms with Gasteiger partial charge in [0.2, 0.25) is 0 Å². The third kappa shape index (κ3) is 5.04. The molecular weight excluding hydrogens is 370 g/mol. The SMILES string of the molecule is CCOC(=O)c1ccccc1NC(=O)c1ccnc(C(=O)Nc2ccccc2)c1. The van der Waals surface area contributed by atoms with Gasteiger partial charge in [-0.15, -0.1) is 0 Å². The van der Waals surface area contributed by atoms with Crippen LogP contribution in [0.2, 0.25) is 0 Å². The maximum absolute atomic E-state index is 12.7. The number of nitrogens with zero attached hydrogens (tertiary/aromatic N) is 1. The average Bonchev–Trinajstić information content (AvgIpc) is 2.75. The molecule has 0 aliphatic heterocycles. The zero-order valence-corrected chi connectivity index (χ0v) is 15.7. The van der Waals surface area contributed by atoms with Crippen molar-refractivity contribution in [3.63, 3.8) is 0 Å². The van der Waals surface area contributed by atoms with Crippen LogP contribution in [-0.4, -0.2) is 29.4 Å². The Morgan fingerprint density at radius 1 is 0.897 bits per heavy atom. The highest BCUT2D eigenvalue weighted by molar-refractivity contribution is 6.09. The summed E-state index contributed by atoms with van der Waals surface area (Å²) < 4.78 is 5.01. The number of hydrogen-bond acceptors (Lipinski definition) is 5. The van der Waals surface area contributed by atoms with Crippen LogP contribution >= 0.6 is 0 Å². The second-order valence-electron chi connectivity index (χ2n) is 5.97. The van der Waals surface area contributed by atoms with Crippen LogP contribution in [0.15, 0.2) is 72.9 Å². The lowest BCUT2D eigenvalue weighted by atomic mass is 10.1. The standard InChI is InChI=1S/C22H19N3O4/c1-2-29-22(28)17-10-6-7-11-18(17)25-20(26)15-12-13-23-19(14-15)21(27)24-16-8-4-3-5-9-16/h3-14H,2H2,1H3,(H,24,27)(H,25,26). The van der Waals surface area contributed by atoms with Crippen LogP contribution < -0.4 is 10.6 Å². The quantitative estimate of drug-likeness (QED) is 0.626. The van der Waals surface area contributed by atoms with Gasteiger partial charge in [-0.05, 0) is 43.3 Å². The van der Waals surface area contributed by atoms with Crippen LogP contribution in [0.4, 0.5) is 11.4 Å². The predicted molar refractivity (Wildman–Crippen MR) is 109 cm³/mol. The number of esters is 1. The van der Waals surface area contributed by atoms with Crippen LogP contribution in [0.3, 0.4) is 0 Å². The molecule has 0 radical (unpaired) electrons. The van der Waals surface area contributed by atoms with Crippen molar-refractivity contribution in [2.45, 2.75) is 6.92 Å². The maximum Gasteiger partial charge on any atom is 0.340 e. The molecule has 7 nitrogen and oxygen atoms in total. The first-order valence-corrected chi connectivity index (χ1v) is 8.98. The van der Waals surface area contributed by atoms with E-state index in [2.05, 4.69) is 15.6 Å². The number of carbonyl (C=O) groups excluding carboxylic acids is 3. The van der Waals surface area contributed by atoms with Gasteiger partial charge in [0, 0.05) is 17.4 Å². The van der Waals surface area contributed by atoms with Gasteiger partial charge in [0.25, 0.3) is 11.8 Å². The molecule has 0 fully saturated rings. The highest BCUT2D eigenvalue weighted by Crippen LogP contribution is 2.18. The average molecular weight is 389 g/mol. The van der Waals surface area contributed by atoms with Gasteiger partial charge < -0.3 is 15.4 Å². The van der Waals surface area contributed by atoms with E-state index >= 15 is 0 Å². The lowest BCUT2D eigenvalue weighted by Crippen LogP contribution is -2.18. The molecule has 2 amide bonds. The van der Waals surface area contributed by atoms with Crippen molar-refractivity contribution in [2.24, 2.45) is 0 Å². The minimum atomic E-state index is -0.527. The van der Waals surface area contributed by atoms with Crippen molar-refractivity contribution in [3.05, 3.63) is 89.7 Å². The Morgan fingerprint density at radius 3 is 2.38 bits per heavy atom. The number of amides is 2. The molecule has 0 aliphatic carbocycles. The second-order valence-corrected chi connectivity index (χ2v) is 5.97. The van der Waals surface area contributed by atoms with Crippen molar-refractivity contribution < 1.29 is 19.1 Å². The van der Waals surface area contributed by atoms with Gasteiger partial charge in [0.05, 0.1) is 17.9 Å². The minimum absolute atomic E-state index is 0.0974. The molecule has 0 saturated heterocycles. The van der Waals surface area contributed by atoms with E-state index in [4.69, 9.17) is 4.74 Å². The maximum atomic E-state index is 12.7. The third-order valence-electron chi connectivity index (χ3n) is 3.96. The molecule has 0 atom stereocenters. The first-order chi connectivity index (χ1) is 14.1. The molecule has 0 saturated carbocycles. The third-order valence-corrected chi connectivity index (χ3v) is 3.96. The Morgan fingerprint density at radius 2 is 1.62 bits per heavy atom. The highest BCUT2D eigenvalue weighted by atomic mass is 16.5. The molecule has 2 aromatic carbocycles. The van der Waals surface area contributed by atoms with Crippen LogP contribution in [0.1, 0.15) is 38.1 Å². The number of pyridine rings is 1. The smallest absolute Gasteiger partial charge is 0.340 e. The number of carbonyl (C=O) groups is 3. The number of para-hydroxylation sites is 2. The van der Waals surface area contributed by atoms with E-state index in [0.29, 0.717) is 11.4 Å². The molecule has 0 bridgehead atoms. The van der Waals surface area contributed by atoms with Gasteiger partial charge >= 0.3 is 5.97 Å². The van der Waals surface area contributed by atoms with Crippen molar-refractivity contribution >= 4 is 29.2 Å². The lowest BCUT2D eigenvalue weighted by molar-refractivity contribution is 0.0527. The number of ether oxygens (including phenoxy) is 1. The van der Waals surface area contributed by atoms with Crippen LogP contribution in [0, 0.1) is 0 Å². The number of rotatable bonds is 6. The molecule has 7 heteroatoms. The Bertz CT molecular complexity index is 1030. The summed E-state index contributed by atoms with van der Waals surface area (Å²) >= 11 is 0. The Balaban J connectivity index is 1.77. The largest absolute Gasteiger partial charge is 0.462 e. The first kappa shape index (κ1) is 19.8. The summed E-state index contributed by atoms with van der Waals surface area (Å²) in [5, 5.41) is 5.40. The lowest BCUT2D eigenvalue weighted by Gasteiger charge is -2.11. The second kappa shape index (κ2) is 9.27. The molecule has 146 valence electrons. The summed E-state index contributed by atoms with van der Waals surface area (Å²) in [7, 11) is 0. The Labute approximate surface area is 167 Å². The van der Waals surface area contributed by atoms with Gasteiger partial charge in [-0.25, -0.2) is 4.79 Å².